The largest absolute Gasteiger partial charge is 0.460 e. The average Bonchev–Trinajstić information content (AvgIpc) is 2.27. The molecular weight excluding hydrogens is 214 g/mol. The van der Waals surface area contributed by atoms with Gasteiger partial charge in [0.25, 0.3) is 0 Å². The van der Waals surface area contributed by atoms with Crippen molar-refractivity contribution < 1.29 is 19.0 Å². The lowest BCUT2D eigenvalue weighted by atomic mass is 10.5. The summed E-state index contributed by atoms with van der Waals surface area (Å²) in [6.07, 6.45) is 2.95. The Bertz CT molecular complexity index is 217. The second-order valence-corrected chi connectivity index (χ2v) is 2.74. The lowest BCUT2D eigenvalue weighted by molar-refractivity contribution is -0.139. The second kappa shape index (κ2) is 11.8. The molecule has 6 heteroatoms. The van der Waals surface area contributed by atoms with Crippen LogP contribution < -0.4 is 0 Å². The molecule has 0 saturated heterocycles. The highest BCUT2D eigenvalue weighted by Crippen LogP contribution is 1.84. The topological polar surface area (TPSA) is 74.2 Å². The molecule has 0 fully saturated rings. The van der Waals surface area contributed by atoms with Gasteiger partial charge in [-0.15, -0.1) is 0 Å². The van der Waals surface area contributed by atoms with Gasteiger partial charge in [0, 0.05) is 6.08 Å². The van der Waals surface area contributed by atoms with Gasteiger partial charge >= 0.3 is 5.97 Å². The first-order valence-electron chi connectivity index (χ1n) is 5.05. The lowest BCUT2D eigenvalue weighted by Crippen LogP contribution is -2.12. The molecule has 0 spiro atoms. The number of carbonyl (C=O) groups excluding carboxylic acids is 1. The van der Waals surface area contributed by atoms with E-state index in [-0.39, 0.29) is 19.1 Å². The SMILES string of the molecule is C/C=C/C(=O)OCCOCCOCCN=O. The zero-order chi connectivity index (χ0) is 12.1. The highest BCUT2D eigenvalue weighted by Gasteiger charge is 1.95. The van der Waals surface area contributed by atoms with E-state index in [0.29, 0.717) is 26.4 Å². The van der Waals surface area contributed by atoms with Crippen molar-refractivity contribution in [3.63, 3.8) is 0 Å². The van der Waals surface area contributed by atoms with Crippen LogP contribution in [0.2, 0.25) is 0 Å². The third-order valence-electron chi connectivity index (χ3n) is 1.47. The second-order valence-electron chi connectivity index (χ2n) is 2.74. The van der Waals surface area contributed by atoms with Gasteiger partial charge in [0.15, 0.2) is 0 Å². The number of hydrogen-bond donors (Lipinski definition) is 0. The van der Waals surface area contributed by atoms with Gasteiger partial charge in [-0.05, 0) is 6.92 Å². The van der Waals surface area contributed by atoms with E-state index in [1.807, 2.05) is 0 Å². The fraction of sp³-hybridized carbons (Fsp3) is 0.700. The molecule has 0 aliphatic carbocycles. The third-order valence-corrected chi connectivity index (χ3v) is 1.47. The maximum Gasteiger partial charge on any atom is 0.330 e. The van der Waals surface area contributed by atoms with Crippen molar-refractivity contribution in [2.24, 2.45) is 5.18 Å². The van der Waals surface area contributed by atoms with Crippen molar-refractivity contribution in [2.75, 3.05) is 39.6 Å². The minimum atomic E-state index is -0.376. The Morgan fingerprint density at radius 2 is 1.75 bits per heavy atom. The molecule has 0 heterocycles. The Morgan fingerprint density at radius 1 is 1.12 bits per heavy atom. The Balaban J connectivity index is 3.09. The molecule has 0 aromatic heterocycles. The molecule has 6 nitrogen and oxygen atoms in total. The molecular formula is C10H17NO5. The standard InChI is InChI=1S/C10H17NO5/c1-2-3-10(12)16-9-8-15-7-6-14-5-4-11-13/h2-3H,4-9H2,1H3/b3-2+. The Kier molecular flexibility index (Phi) is 10.9. The maximum atomic E-state index is 10.8. The zero-order valence-corrected chi connectivity index (χ0v) is 9.39. The summed E-state index contributed by atoms with van der Waals surface area (Å²) >= 11 is 0. The minimum absolute atomic E-state index is 0.154. The van der Waals surface area contributed by atoms with Gasteiger partial charge < -0.3 is 14.2 Å². The first-order valence-corrected chi connectivity index (χ1v) is 5.05. The van der Waals surface area contributed by atoms with Crippen LogP contribution in [0.3, 0.4) is 0 Å². The first-order chi connectivity index (χ1) is 7.81. The van der Waals surface area contributed by atoms with E-state index in [0.717, 1.165) is 0 Å². The molecule has 0 amide bonds. The van der Waals surface area contributed by atoms with Gasteiger partial charge in [-0.1, -0.05) is 11.3 Å². The van der Waals surface area contributed by atoms with Crippen LogP contribution in [0, 0.1) is 4.91 Å². The van der Waals surface area contributed by atoms with Crippen LogP contribution in [0.4, 0.5) is 0 Å². The van der Waals surface area contributed by atoms with E-state index in [1.165, 1.54) is 6.08 Å². The van der Waals surface area contributed by atoms with Gasteiger partial charge in [-0.3, -0.25) is 0 Å². The van der Waals surface area contributed by atoms with Crippen LogP contribution in [0.25, 0.3) is 0 Å². The van der Waals surface area contributed by atoms with Crippen LogP contribution >= 0.6 is 0 Å². The van der Waals surface area contributed by atoms with E-state index in [2.05, 4.69) is 5.18 Å². The van der Waals surface area contributed by atoms with Crippen LogP contribution in [-0.2, 0) is 19.0 Å². The van der Waals surface area contributed by atoms with Crippen molar-refractivity contribution in [1.29, 1.82) is 0 Å². The van der Waals surface area contributed by atoms with Gasteiger partial charge in [-0.2, -0.15) is 4.91 Å². The number of esters is 1. The van der Waals surface area contributed by atoms with E-state index < -0.39 is 0 Å². The van der Waals surface area contributed by atoms with Crippen molar-refractivity contribution in [2.45, 2.75) is 6.92 Å². The molecule has 0 aromatic carbocycles. The van der Waals surface area contributed by atoms with E-state index in [4.69, 9.17) is 14.2 Å². The van der Waals surface area contributed by atoms with Gasteiger partial charge in [-0.25, -0.2) is 4.79 Å². The molecule has 0 saturated carbocycles. The normalized spacial score (nSPS) is 10.6. The lowest BCUT2D eigenvalue weighted by Gasteiger charge is -2.04. The maximum absolute atomic E-state index is 10.8. The number of hydrogen-bond acceptors (Lipinski definition) is 6. The number of rotatable bonds is 10. The molecule has 0 radical (unpaired) electrons. The molecule has 0 unspecified atom stereocenters. The van der Waals surface area contributed by atoms with E-state index >= 15 is 0 Å². The quantitative estimate of drug-likeness (QED) is 0.242. The van der Waals surface area contributed by atoms with Gasteiger partial charge in [0.2, 0.25) is 0 Å². The molecule has 0 N–H and O–H groups in total. The van der Waals surface area contributed by atoms with E-state index in [1.54, 1.807) is 13.0 Å². The van der Waals surface area contributed by atoms with Gasteiger partial charge in [0.05, 0.1) is 26.4 Å². The fourth-order valence-electron chi connectivity index (χ4n) is 0.809. The Labute approximate surface area is 94.5 Å². The Morgan fingerprint density at radius 3 is 2.38 bits per heavy atom. The van der Waals surface area contributed by atoms with Crippen LogP contribution in [-0.4, -0.2) is 45.5 Å². The zero-order valence-electron chi connectivity index (χ0n) is 9.39. The monoisotopic (exact) mass is 231 g/mol. The van der Waals surface area contributed by atoms with Gasteiger partial charge in [0.1, 0.15) is 13.2 Å². The van der Waals surface area contributed by atoms with Crippen LogP contribution in [0.5, 0.6) is 0 Å². The molecule has 0 bridgehead atoms. The number of carbonyl (C=O) groups is 1. The molecule has 0 aromatic rings. The average molecular weight is 231 g/mol. The summed E-state index contributed by atoms with van der Waals surface area (Å²) in [5.74, 6) is -0.376. The smallest absolute Gasteiger partial charge is 0.330 e. The van der Waals surface area contributed by atoms with Crippen molar-refractivity contribution in [1.82, 2.24) is 0 Å². The minimum Gasteiger partial charge on any atom is -0.460 e. The fourth-order valence-corrected chi connectivity index (χ4v) is 0.809. The summed E-state index contributed by atoms with van der Waals surface area (Å²) in [6, 6.07) is 0. The van der Waals surface area contributed by atoms with E-state index in [9.17, 15) is 9.70 Å². The molecule has 16 heavy (non-hydrogen) atoms. The summed E-state index contributed by atoms with van der Waals surface area (Å²) < 4.78 is 14.9. The summed E-state index contributed by atoms with van der Waals surface area (Å²) in [7, 11) is 0. The van der Waals surface area contributed by atoms with Crippen molar-refractivity contribution in [3.05, 3.63) is 17.1 Å². The molecule has 0 rings (SSSR count). The first kappa shape index (κ1) is 14.7. The predicted octanol–water partition coefficient (Wildman–Crippen LogP) is 0.905. The summed E-state index contributed by atoms with van der Waals surface area (Å²) in [5.41, 5.74) is 0. The predicted molar refractivity (Wildman–Crippen MR) is 58.1 cm³/mol. The Hall–Kier alpha value is -1.27. The highest BCUT2D eigenvalue weighted by atomic mass is 16.6. The summed E-state index contributed by atoms with van der Waals surface area (Å²) in [6.45, 7) is 3.56. The number of ether oxygens (including phenoxy) is 3. The summed E-state index contributed by atoms with van der Waals surface area (Å²) in [5, 5.41) is 2.64. The van der Waals surface area contributed by atoms with Crippen molar-refractivity contribution >= 4 is 5.97 Å². The molecule has 92 valence electrons. The molecule has 0 atom stereocenters. The number of nitrogens with zero attached hydrogens (tertiary/aromatic N) is 1. The third kappa shape index (κ3) is 10.8. The van der Waals surface area contributed by atoms with Crippen LogP contribution in [0.1, 0.15) is 6.92 Å². The van der Waals surface area contributed by atoms with Crippen LogP contribution in [0.15, 0.2) is 17.3 Å². The highest BCUT2D eigenvalue weighted by molar-refractivity contribution is 5.81. The van der Waals surface area contributed by atoms with Crippen molar-refractivity contribution in [3.8, 4) is 0 Å². The molecule has 0 aliphatic rings. The number of nitroso groups, excluding NO2 is 1. The number of allylic oxidation sites excluding steroid dienone is 1. The summed E-state index contributed by atoms with van der Waals surface area (Å²) in [4.78, 5) is 20.5. The molecule has 0 aliphatic heterocycles.